The van der Waals surface area contributed by atoms with Crippen LogP contribution in [0.15, 0.2) is 36.9 Å². The Bertz CT molecular complexity index is 284. The van der Waals surface area contributed by atoms with Gasteiger partial charge in [0.25, 0.3) is 0 Å². The molecule has 0 radical (unpaired) electrons. The molecule has 0 heterocycles. The van der Waals surface area contributed by atoms with E-state index in [4.69, 9.17) is 10.5 Å². The summed E-state index contributed by atoms with van der Waals surface area (Å²) in [5.74, 6) is 0. The van der Waals surface area contributed by atoms with Crippen LogP contribution in [0.1, 0.15) is 31.4 Å². The minimum Gasteiger partial charge on any atom is -0.377 e. The lowest BCUT2D eigenvalue weighted by molar-refractivity contribution is 0.133. The van der Waals surface area contributed by atoms with Crippen LogP contribution in [0.2, 0.25) is 0 Å². The van der Waals surface area contributed by atoms with Gasteiger partial charge in [0, 0.05) is 13.2 Å². The Balaban J connectivity index is 0.000000487. The van der Waals surface area contributed by atoms with Crippen molar-refractivity contribution in [2.45, 2.75) is 33.4 Å². The van der Waals surface area contributed by atoms with Crippen LogP contribution in [0.5, 0.6) is 0 Å². The number of rotatable bonds is 5. The Morgan fingerprint density at radius 2 is 1.81 bits per heavy atom. The van der Waals surface area contributed by atoms with Gasteiger partial charge in [-0.25, -0.2) is 0 Å². The first kappa shape index (κ1) is 14.9. The summed E-state index contributed by atoms with van der Waals surface area (Å²) in [6, 6.07) is 8.09. The molecule has 1 aromatic carbocycles. The zero-order chi connectivity index (χ0) is 12.2. The number of benzene rings is 1. The lowest BCUT2D eigenvalue weighted by atomic mass is 10.1. The fraction of sp³-hybridized carbons (Fsp3) is 0.429. The first-order valence-corrected chi connectivity index (χ1v) is 5.75. The average Bonchev–Trinajstić information content (AvgIpc) is 2.37. The van der Waals surface area contributed by atoms with Gasteiger partial charge in [0.05, 0.1) is 6.61 Å². The Morgan fingerprint density at radius 1 is 1.25 bits per heavy atom. The van der Waals surface area contributed by atoms with Crippen LogP contribution in [-0.4, -0.2) is 6.61 Å². The van der Waals surface area contributed by atoms with Crippen molar-refractivity contribution in [2.24, 2.45) is 5.73 Å². The van der Waals surface area contributed by atoms with Crippen LogP contribution >= 0.6 is 0 Å². The van der Waals surface area contributed by atoms with Crippen molar-refractivity contribution in [3.63, 3.8) is 0 Å². The highest BCUT2D eigenvalue weighted by Crippen LogP contribution is 2.08. The van der Waals surface area contributed by atoms with Crippen molar-refractivity contribution in [1.82, 2.24) is 0 Å². The Hall–Kier alpha value is -1.12. The molecule has 2 nitrogen and oxygen atoms in total. The minimum atomic E-state index is 0.587. The van der Waals surface area contributed by atoms with E-state index in [1.807, 2.05) is 31.2 Å². The molecule has 90 valence electrons. The predicted octanol–water partition coefficient (Wildman–Crippen LogP) is 3.26. The standard InChI is InChI=1S/C10H15NO.C4H8/c1-2-12-8-10-6-4-3-5-9(10)7-11;1-3-4-2/h3-6H,2,7-8,11H2,1H3;3H,1,4H2,2H3. The molecule has 0 amide bonds. The van der Waals surface area contributed by atoms with Crippen LogP contribution < -0.4 is 5.73 Å². The van der Waals surface area contributed by atoms with Crippen molar-refractivity contribution in [2.75, 3.05) is 6.61 Å². The third-order valence-corrected chi connectivity index (χ3v) is 2.09. The van der Waals surface area contributed by atoms with E-state index >= 15 is 0 Å². The van der Waals surface area contributed by atoms with Crippen LogP contribution in [0.3, 0.4) is 0 Å². The summed E-state index contributed by atoms with van der Waals surface area (Å²) in [5.41, 5.74) is 7.94. The molecule has 0 atom stereocenters. The van der Waals surface area contributed by atoms with E-state index in [0.29, 0.717) is 13.2 Å². The molecule has 16 heavy (non-hydrogen) atoms. The number of ether oxygens (including phenoxy) is 1. The van der Waals surface area contributed by atoms with E-state index in [1.54, 1.807) is 0 Å². The second-order valence-corrected chi connectivity index (χ2v) is 3.31. The molecule has 1 rings (SSSR count). The molecule has 1 aromatic rings. The fourth-order valence-corrected chi connectivity index (χ4v) is 1.11. The number of allylic oxidation sites excluding steroid dienone is 1. The average molecular weight is 221 g/mol. The number of hydrogen-bond acceptors (Lipinski definition) is 2. The maximum absolute atomic E-state index is 5.57. The van der Waals surface area contributed by atoms with Gasteiger partial charge >= 0.3 is 0 Å². The minimum absolute atomic E-state index is 0.587. The molecular weight excluding hydrogens is 198 g/mol. The molecule has 0 saturated heterocycles. The third-order valence-electron chi connectivity index (χ3n) is 2.09. The predicted molar refractivity (Wildman–Crippen MR) is 70.2 cm³/mol. The molecular formula is C14H23NO. The highest BCUT2D eigenvalue weighted by atomic mass is 16.5. The normalized spacial score (nSPS) is 9.19. The molecule has 0 unspecified atom stereocenters. The monoisotopic (exact) mass is 221 g/mol. The van der Waals surface area contributed by atoms with Gasteiger partial charge in [-0.3, -0.25) is 0 Å². The van der Waals surface area contributed by atoms with Crippen LogP contribution in [0.4, 0.5) is 0 Å². The summed E-state index contributed by atoms with van der Waals surface area (Å²) in [6.07, 6.45) is 2.96. The largest absolute Gasteiger partial charge is 0.377 e. The Morgan fingerprint density at radius 3 is 2.25 bits per heavy atom. The van der Waals surface area contributed by atoms with Gasteiger partial charge in [-0.05, 0) is 24.5 Å². The quantitative estimate of drug-likeness (QED) is 0.774. The van der Waals surface area contributed by atoms with Gasteiger partial charge in [0.15, 0.2) is 0 Å². The lowest BCUT2D eigenvalue weighted by Gasteiger charge is -2.06. The van der Waals surface area contributed by atoms with Gasteiger partial charge in [-0.15, -0.1) is 6.58 Å². The van der Waals surface area contributed by atoms with Crippen LogP contribution in [0.25, 0.3) is 0 Å². The topological polar surface area (TPSA) is 35.2 Å². The zero-order valence-corrected chi connectivity index (χ0v) is 10.4. The molecule has 2 heteroatoms. The van der Waals surface area contributed by atoms with E-state index in [9.17, 15) is 0 Å². The smallest absolute Gasteiger partial charge is 0.0719 e. The van der Waals surface area contributed by atoms with Gasteiger partial charge in [0.1, 0.15) is 0 Å². The van der Waals surface area contributed by atoms with Gasteiger partial charge < -0.3 is 10.5 Å². The van der Waals surface area contributed by atoms with Crippen molar-refractivity contribution in [3.8, 4) is 0 Å². The van der Waals surface area contributed by atoms with Crippen LogP contribution in [0, 0.1) is 0 Å². The summed E-state index contributed by atoms with van der Waals surface area (Å²) < 4.78 is 5.31. The Kier molecular flexibility index (Phi) is 9.67. The van der Waals surface area contributed by atoms with E-state index in [0.717, 1.165) is 13.0 Å². The third kappa shape index (κ3) is 6.38. The van der Waals surface area contributed by atoms with Gasteiger partial charge in [-0.2, -0.15) is 0 Å². The highest BCUT2D eigenvalue weighted by Gasteiger charge is 1.97. The summed E-state index contributed by atoms with van der Waals surface area (Å²) in [5, 5.41) is 0. The molecule has 0 saturated carbocycles. The van der Waals surface area contributed by atoms with Crippen LogP contribution in [-0.2, 0) is 17.9 Å². The lowest BCUT2D eigenvalue weighted by Crippen LogP contribution is -2.02. The van der Waals surface area contributed by atoms with Gasteiger partial charge in [0.2, 0.25) is 0 Å². The highest BCUT2D eigenvalue weighted by molar-refractivity contribution is 5.26. The summed E-state index contributed by atoms with van der Waals surface area (Å²) in [7, 11) is 0. The molecule has 0 fully saturated rings. The molecule has 0 aliphatic heterocycles. The molecule has 0 aromatic heterocycles. The molecule has 0 bridgehead atoms. The molecule has 0 spiro atoms. The maximum Gasteiger partial charge on any atom is 0.0719 e. The van der Waals surface area contributed by atoms with E-state index in [-0.39, 0.29) is 0 Å². The van der Waals surface area contributed by atoms with Crippen molar-refractivity contribution in [3.05, 3.63) is 48.0 Å². The zero-order valence-electron chi connectivity index (χ0n) is 10.4. The van der Waals surface area contributed by atoms with Gasteiger partial charge in [-0.1, -0.05) is 37.3 Å². The van der Waals surface area contributed by atoms with Crippen molar-refractivity contribution in [1.29, 1.82) is 0 Å². The van der Waals surface area contributed by atoms with E-state index < -0.39 is 0 Å². The Labute approximate surface area is 99.1 Å². The molecule has 0 aliphatic carbocycles. The fourth-order valence-electron chi connectivity index (χ4n) is 1.11. The van der Waals surface area contributed by atoms with Crippen molar-refractivity contribution < 1.29 is 4.74 Å². The summed E-state index contributed by atoms with van der Waals surface area (Å²) in [6.45, 7) is 9.54. The number of nitrogens with two attached hydrogens (primary N) is 1. The first-order chi connectivity index (χ1) is 7.79. The second-order valence-electron chi connectivity index (χ2n) is 3.31. The second kappa shape index (κ2) is 10.4. The van der Waals surface area contributed by atoms with E-state index in [2.05, 4.69) is 19.6 Å². The SMILES string of the molecule is C=CCC.CCOCc1ccccc1CN. The maximum atomic E-state index is 5.57. The first-order valence-electron chi connectivity index (χ1n) is 5.75. The summed E-state index contributed by atoms with van der Waals surface area (Å²) in [4.78, 5) is 0. The molecule has 2 N–H and O–H groups in total. The van der Waals surface area contributed by atoms with E-state index in [1.165, 1.54) is 11.1 Å². The molecule has 0 aliphatic rings. The summed E-state index contributed by atoms with van der Waals surface area (Å²) >= 11 is 0. The van der Waals surface area contributed by atoms with Crippen molar-refractivity contribution >= 4 is 0 Å². The number of hydrogen-bond donors (Lipinski definition) is 1.